The number of rotatable bonds is 4. The van der Waals surface area contributed by atoms with Gasteiger partial charge >= 0.3 is 0 Å². The fourth-order valence-corrected chi connectivity index (χ4v) is 7.31. The van der Waals surface area contributed by atoms with Crippen LogP contribution in [0.3, 0.4) is 0 Å². The van der Waals surface area contributed by atoms with Crippen LogP contribution in [0.4, 0.5) is 0 Å². The molecule has 0 aliphatic carbocycles. The lowest BCUT2D eigenvalue weighted by Crippen LogP contribution is -2.45. The van der Waals surface area contributed by atoms with Crippen LogP contribution in [0, 0.1) is 0 Å². The lowest BCUT2D eigenvalue weighted by atomic mass is 10.1. The Kier molecular flexibility index (Phi) is 6.06. The van der Waals surface area contributed by atoms with Gasteiger partial charge in [0.15, 0.2) is 7.51 Å². The first kappa shape index (κ1) is 17.2. The molecule has 0 saturated carbocycles. The van der Waals surface area contributed by atoms with Gasteiger partial charge in [-0.2, -0.15) is 0 Å². The van der Waals surface area contributed by atoms with Gasteiger partial charge in [-0.1, -0.05) is 20.8 Å². The molecule has 1 atom stereocenters. The van der Waals surface area contributed by atoms with E-state index in [-0.39, 0.29) is 5.54 Å². The van der Waals surface area contributed by atoms with Crippen molar-refractivity contribution < 1.29 is 0 Å². The molecule has 19 heavy (non-hydrogen) atoms. The lowest BCUT2D eigenvalue weighted by Gasteiger charge is -2.51. The van der Waals surface area contributed by atoms with Gasteiger partial charge in [0.25, 0.3) is 0 Å². The van der Waals surface area contributed by atoms with Crippen molar-refractivity contribution >= 4 is 7.51 Å². The van der Waals surface area contributed by atoms with Crippen LogP contribution in [0.15, 0.2) is 4.74 Å². The molecule has 114 valence electrons. The Morgan fingerprint density at radius 2 is 1.68 bits per heavy atom. The molecule has 4 nitrogen and oxygen atoms in total. The van der Waals surface area contributed by atoms with Crippen molar-refractivity contribution in [2.75, 3.05) is 39.8 Å². The molecule has 0 radical (unpaired) electrons. The molecule has 0 amide bonds. The molecule has 1 aliphatic rings. The SMILES string of the molecule is CCN(CC)P1(=NC(C)(C)C)N(C)CCCN1CC. The summed E-state index contributed by atoms with van der Waals surface area (Å²) in [6.07, 6.45) is 1.26. The molecule has 1 fully saturated rings. The fraction of sp³-hybridized carbons (Fsp3) is 1.00. The second-order valence-electron chi connectivity index (χ2n) is 6.23. The van der Waals surface area contributed by atoms with Crippen molar-refractivity contribution in [1.29, 1.82) is 0 Å². The molecule has 0 N–H and O–H groups in total. The van der Waals surface area contributed by atoms with E-state index in [0.717, 1.165) is 19.6 Å². The molecule has 1 heterocycles. The summed E-state index contributed by atoms with van der Waals surface area (Å²) in [7, 11) is 0.569. The summed E-state index contributed by atoms with van der Waals surface area (Å²) in [5.41, 5.74) is 0.00931. The van der Waals surface area contributed by atoms with E-state index < -0.39 is 7.51 Å². The number of hydrogen-bond acceptors (Lipinski definition) is 1. The van der Waals surface area contributed by atoms with E-state index in [9.17, 15) is 0 Å². The van der Waals surface area contributed by atoms with Crippen molar-refractivity contribution in [3.8, 4) is 0 Å². The Bertz CT molecular complexity index is 319. The van der Waals surface area contributed by atoms with Crippen LogP contribution < -0.4 is 0 Å². The second-order valence-corrected chi connectivity index (χ2v) is 9.32. The number of nitrogens with zero attached hydrogens (tertiary/aromatic N) is 4. The van der Waals surface area contributed by atoms with Crippen LogP contribution in [0.1, 0.15) is 48.0 Å². The summed E-state index contributed by atoms with van der Waals surface area (Å²) < 4.78 is 13.1. The molecular formula is C14H33N4P. The first-order chi connectivity index (χ1) is 8.81. The lowest BCUT2D eigenvalue weighted by molar-refractivity contribution is 0.291. The predicted molar refractivity (Wildman–Crippen MR) is 86.5 cm³/mol. The third-order valence-electron chi connectivity index (χ3n) is 3.64. The van der Waals surface area contributed by atoms with Crippen molar-refractivity contribution in [3.63, 3.8) is 0 Å². The van der Waals surface area contributed by atoms with E-state index in [1.807, 2.05) is 0 Å². The highest BCUT2D eigenvalue weighted by Gasteiger charge is 2.40. The molecule has 0 aromatic carbocycles. The minimum Gasteiger partial charge on any atom is -0.255 e. The van der Waals surface area contributed by atoms with Gasteiger partial charge in [-0.15, -0.1) is 0 Å². The van der Waals surface area contributed by atoms with E-state index >= 15 is 0 Å². The van der Waals surface area contributed by atoms with E-state index in [4.69, 9.17) is 4.74 Å². The summed E-state index contributed by atoms with van der Waals surface area (Å²) in [5, 5.41) is 0. The van der Waals surface area contributed by atoms with Crippen LogP contribution in [0.25, 0.3) is 0 Å². The summed E-state index contributed by atoms with van der Waals surface area (Å²) >= 11 is 0. The summed E-state index contributed by atoms with van der Waals surface area (Å²) in [6.45, 7) is 19.1. The van der Waals surface area contributed by atoms with Gasteiger partial charge in [0.1, 0.15) is 0 Å². The van der Waals surface area contributed by atoms with E-state index in [0.29, 0.717) is 0 Å². The van der Waals surface area contributed by atoms with Gasteiger partial charge in [-0.25, -0.2) is 14.0 Å². The molecule has 0 aromatic heterocycles. The molecule has 1 saturated heterocycles. The monoisotopic (exact) mass is 288 g/mol. The van der Waals surface area contributed by atoms with Crippen molar-refractivity contribution in [2.45, 2.75) is 53.5 Å². The van der Waals surface area contributed by atoms with Crippen LogP contribution in [0.5, 0.6) is 0 Å². The number of hydrogen-bond donors (Lipinski definition) is 0. The molecule has 5 heteroatoms. The third-order valence-corrected chi connectivity index (χ3v) is 8.20. The second kappa shape index (κ2) is 6.71. The topological polar surface area (TPSA) is 22.1 Å². The van der Waals surface area contributed by atoms with Gasteiger partial charge in [0.05, 0.1) is 5.54 Å². The first-order valence-corrected chi connectivity index (χ1v) is 9.27. The Morgan fingerprint density at radius 1 is 1.11 bits per heavy atom. The van der Waals surface area contributed by atoms with Gasteiger partial charge in [0.2, 0.25) is 0 Å². The zero-order valence-corrected chi connectivity index (χ0v) is 14.9. The Morgan fingerprint density at radius 3 is 2.11 bits per heavy atom. The highest BCUT2D eigenvalue weighted by molar-refractivity contribution is 7.59. The minimum absolute atomic E-state index is 0.00931. The standard InChI is InChI=1S/C14H33N4P/c1-8-17(9-2)19(15-14(4,5)6)16(7)12-11-13-18(19)10-3/h8-13H2,1-7H3. The van der Waals surface area contributed by atoms with Crippen LogP contribution in [-0.2, 0) is 0 Å². The molecule has 0 spiro atoms. The van der Waals surface area contributed by atoms with E-state index in [1.54, 1.807) is 0 Å². The summed E-state index contributed by atoms with van der Waals surface area (Å²) in [6, 6.07) is 0. The molecule has 1 unspecified atom stereocenters. The van der Waals surface area contributed by atoms with E-state index in [1.165, 1.54) is 19.5 Å². The largest absolute Gasteiger partial charge is 0.255 e. The highest BCUT2D eigenvalue weighted by Crippen LogP contribution is 2.61. The normalized spacial score (nSPS) is 26.9. The van der Waals surface area contributed by atoms with Crippen LogP contribution in [0.2, 0.25) is 0 Å². The zero-order valence-electron chi connectivity index (χ0n) is 14.0. The fourth-order valence-electron chi connectivity index (χ4n) is 2.92. The maximum Gasteiger partial charge on any atom is 0.168 e. The van der Waals surface area contributed by atoms with Gasteiger partial charge in [-0.3, -0.25) is 4.74 Å². The Hall–Kier alpha value is 0.110. The maximum atomic E-state index is 5.36. The van der Waals surface area contributed by atoms with Gasteiger partial charge < -0.3 is 0 Å². The summed E-state index contributed by atoms with van der Waals surface area (Å²) in [5.74, 6) is 0. The molecular weight excluding hydrogens is 255 g/mol. The molecule has 1 rings (SSSR count). The van der Waals surface area contributed by atoms with Gasteiger partial charge in [-0.05, 0) is 34.2 Å². The molecule has 0 bridgehead atoms. The highest BCUT2D eigenvalue weighted by atomic mass is 31.2. The zero-order chi connectivity index (χ0) is 14.7. The molecule has 0 aromatic rings. The summed E-state index contributed by atoms with van der Waals surface area (Å²) in [4.78, 5) is 0. The van der Waals surface area contributed by atoms with Crippen LogP contribution in [-0.4, -0.2) is 59.3 Å². The van der Waals surface area contributed by atoms with Crippen molar-refractivity contribution in [1.82, 2.24) is 14.0 Å². The molecule has 1 aliphatic heterocycles. The Labute approximate surface area is 120 Å². The third kappa shape index (κ3) is 3.60. The minimum atomic E-state index is -1.70. The van der Waals surface area contributed by atoms with Crippen molar-refractivity contribution in [2.24, 2.45) is 4.74 Å². The van der Waals surface area contributed by atoms with E-state index in [2.05, 4.69) is 62.6 Å². The smallest absolute Gasteiger partial charge is 0.168 e. The van der Waals surface area contributed by atoms with Crippen molar-refractivity contribution in [3.05, 3.63) is 0 Å². The first-order valence-electron chi connectivity index (χ1n) is 7.67. The average Bonchev–Trinajstić information content (AvgIpc) is 2.32. The van der Waals surface area contributed by atoms with Crippen LogP contribution >= 0.6 is 7.51 Å². The quantitative estimate of drug-likeness (QED) is 0.736. The average molecular weight is 288 g/mol. The Balaban J connectivity index is 3.41. The van der Waals surface area contributed by atoms with Gasteiger partial charge in [0, 0.05) is 32.7 Å². The predicted octanol–water partition coefficient (Wildman–Crippen LogP) is 3.73. The maximum absolute atomic E-state index is 5.36.